The van der Waals surface area contributed by atoms with Gasteiger partial charge in [-0.05, 0) is 6.07 Å². The lowest BCUT2D eigenvalue weighted by atomic mass is 10.0. The molecule has 0 saturated carbocycles. The highest BCUT2D eigenvalue weighted by atomic mass is 16.7. The molecule has 0 amide bonds. The van der Waals surface area contributed by atoms with Crippen LogP contribution < -0.4 is 5.69 Å². The molecular formula is C12H11N3O3. The molecule has 6 heteroatoms. The molecule has 0 bridgehead atoms. The minimum absolute atomic E-state index is 0.121. The van der Waals surface area contributed by atoms with E-state index in [9.17, 15) is 9.59 Å². The number of hydrogen-bond acceptors (Lipinski definition) is 4. The van der Waals surface area contributed by atoms with Crippen molar-refractivity contribution >= 4 is 22.7 Å². The number of oxime groups is 1. The summed E-state index contributed by atoms with van der Waals surface area (Å²) in [5.74, 6) is -0.452. The Balaban J connectivity index is 2.21. The average molecular weight is 245 g/mol. The summed E-state index contributed by atoms with van der Waals surface area (Å²) in [7, 11) is 0. The molecule has 0 spiro atoms. The normalized spacial score (nSPS) is 16.2. The SMILES string of the molecule is CC(=O)O/N=C1\CCn2c(=O)[nH]c3cccc1c32. The summed E-state index contributed by atoms with van der Waals surface area (Å²) in [4.78, 5) is 30.0. The van der Waals surface area contributed by atoms with Crippen molar-refractivity contribution in [2.75, 3.05) is 0 Å². The fraction of sp³-hybridized carbons (Fsp3) is 0.250. The van der Waals surface area contributed by atoms with Crippen LogP contribution >= 0.6 is 0 Å². The van der Waals surface area contributed by atoms with Crippen molar-refractivity contribution in [1.29, 1.82) is 0 Å². The number of nitrogens with one attached hydrogen (secondary N) is 1. The van der Waals surface area contributed by atoms with Gasteiger partial charge in [-0.2, -0.15) is 0 Å². The van der Waals surface area contributed by atoms with Crippen LogP contribution in [0.3, 0.4) is 0 Å². The van der Waals surface area contributed by atoms with E-state index >= 15 is 0 Å². The zero-order valence-corrected chi connectivity index (χ0v) is 9.77. The fourth-order valence-electron chi connectivity index (χ4n) is 2.23. The van der Waals surface area contributed by atoms with Crippen LogP contribution in [0.1, 0.15) is 18.9 Å². The molecule has 0 aliphatic carbocycles. The van der Waals surface area contributed by atoms with E-state index in [1.807, 2.05) is 18.2 Å². The molecule has 3 rings (SSSR count). The van der Waals surface area contributed by atoms with Crippen LogP contribution in [-0.2, 0) is 16.2 Å². The lowest BCUT2D eigenvalue weighted by Crippen LogP contribution is -2.23. The first kappa shape index (κ1) is 10.8. The lowest BCUT2D eigenvalue weighted by molar-refractivity contribution is -0.140. The van der Waals surface area contributed by atoms with Crippen molar-refractivity contribution in [3.63, 3.8) is 0 Å². The number of benzene rings is 1. The van der Waals surface area contributed by atoms with E-state index in [-0.39, 0.29) is 5.69 Å². The second-order valence-corrected chi connectivity index (χ2v) is 4.15. The Labute approximate surface area is 102 Å². The Hall–Kier alpha value is -2.37. The van der Waals surface area contributed by atoms with Crippen LogP contribution in [0.4, 0.5) is 0 Å². The zero-order valence-electron chi connectivity index (χ0n) is 9.77. The number of aryl methyl sites for hydroxylation is 1. The number of hydrogen-bond donors (Lipinski definition) is 1. The van der Waals surface area contributed by atoms with Gasteiger partial charge >= 0.3 is 11.7 Å². The summed E-state index contributed by atoms with van der Waals surface area (Å²) in [6, 6.07) is 5.55. The van der Waals surface area contributed by atoms with Gasteiger partial charge in [-0.15, -0.1) is 0 Å². The molecule has 0 atom stereocenters. The third kappa shape index (κ3) is 1.54. The molecule has 18 heavy (non-hydrogen) atoms. The van der Waals surface area contributed by atoms with Crippen LogP contribution in [-0.4, -0.2) is 21.2 Å². The Morgan fingerprint density at radius 2 is 2.33 bits per heavy atom. The third-order valence-corrected chi connectivity index (χ3v) is 2.96. The van der Waals surface area contributed by atoms with Crippen molar-refractivity contribution in [2.24, 2.45) is 5.16 Å². The molecular weight excluding hydrogens is 234 g/mol. The lowest BCUT2D eigenvalue weighted by Gasteiger charge is -2.15. The second-order valence-electron chi connectivity index (χ2n) is 4.15. The van der Waals surface area contributed by atoms with Crippen LogP contribution in [0.2, 0.25) is 0 Å². The first-order valence-electron chi connectivity index (χ1n) is 5.63. The number of para-hydroxylation sites is 1. The predicted octanol–water partition coefficient (Wildman–Crippen LogP) is 1.00. The number of carbonyl (C=O) groups is 1. The molecule has 2 heterocycles. The molecule has 2 aromatic rings. The Bertz CT molecular complexity index is 724. The molecule has 1 aliphatic heterocycles. The average Bonchev–Trinajstić information content (AvgIpc) is 2.67. The summed E-state index contributed by atoms with van der Waals surface area (Å²) in [5, 5.41) is 3.85. The Kier molecular flexibility index (Phi) is 2.29. The third-order valence-electron chi connectivity index (χ3n) is 2.96. The monoisotopic (exact) mass is 245 g/mol. The maximum Gasteiger partial charge on any atom is 0.331 e. The van der Waals surface area contributed by atoms with Crippen LogP contribution in [0.25, 0.3) is 11.0 Å². The van der Waals surface area contributed by atoms with Gasteiger partial charge in [0.25, 0.3) is 0 Å². The van der Waals surface area contributed by atoms with E-state index in [1.165, 1.54) is 6.92 Å². The van der Waals surface area contributed by atoms with Gasteiger partial charge in [0.05, 0.1) is 16.7 Å². The predicted molar refractivity (Wildman–Crippen MR) is 65.5 cm³/mol. The molecule has 1 N–H and O–H groups in total. The highest BCUT2D eigenvalue weighted by molar-refractivity contribution is 6.10. The van der Waals surface area contributed by atoms with Gasteiger partial charge < -0.3 is 9.82 Å². The molecule has 92 valence electrons. The smallest absolute Gasteiger partial charge is 0.318 e. The maximum absolute atomic E-state index is 11.7. The summed E-state index contributed by atoms with van der Waals surface area (Å²) < 4.78 is 1.68. The highest BCUT2D eigenvalue weighted by Gasteiger charge is 2.20. The topological polar surface area (TPSA) is 76.4 Å². The standard InChI is InChI=1S/C12H11N3O3/c1-7(16)18-14-9-5-6-15-11-8(9)3-2-4-10(11)13-12(15)17/h2-4H,5-6H2,1H3,(H,13,17)/b14-9+. The summed E-state index contributed by atoms with van der Waals surface area (Å²) >= 11 is 0. The van der Waals surface area contributed by atoms with Gasteiger partial charge in [-0.1, -0.05) is 17.3 Å². The largest absolute Gasteiger partial charge is 0.331 e. The molecule has 6 nitrogen and oxygen atoms in total. The van der Waals surface area contributed by atoms with Crippen molar-refractivity contribution in [1.82, 2.24) is 9.55 Å². The van der Waals surface area contributed by atoms with E-state index in [1.54, 1.807) is 4.57 Å². The van der Waals surface area contributed by atoms with Gasteiger partial charge in [0.2, 0.25) is 0 Å². The van der Waals surface area contributed by atoms with E-state index in [0.717, 1.165) is 16.6 Å². The molecule has 1 aliphatic rings. The first-order chi connectivity index (χ1) is 8.66. The van der Waals surface area contributed by atoms with Gasteiger partial charge in [0.1, 0.15) is 0 Å². The summed E-state index contributed by atoms with van der Waals surface area (Å²) in [6.45, 7) is 1.84. The van der Waals surface area contributed by atoms with E-state index in [0.29, 0.717) is 18.7 Å². The van der Waals surface area contributed by atoms with Gasteiger partial charge in [-0.25, -0.2) is 9.59 Å². The summed E-state index contributed by atoms with van der Waals surface area (Å²) in [5.41, 5.74) is 2.99. The number of rotatable bonds is 1. The van der Waals surface area contributed by atoms with Crippen molar-refractivity contribution in [3.05, 3.63) is 34.2 Å². The van der Waals surface area contributed by atoms with Crippen LogP contribution in [0.15, 0.2) is 28.1 Å². The number of carbonyl (C=O) groups excluding carboxylic acids is 1. The van der Waals surface area contributed by atoms with Gasteiger partial charge in [0.15, 0.2) is 0 Å². The molecule has 0 saturated heterocycles. The Morgan fingerprint density at radius 1 is 1.50 bits per heavy atom. The molecule has 0 unspecified atom stereocenters. The quantitative estimate of drug-likeness (QED) is 0.601. The molecule has 1 aromatic heterocycles. The minimum Gasteiger partial charge on any atom is -0.318 e. The second kappa shape index (κ2) is 3.83. The van der Waals surface area contributed by atoms with E-state index < -0.39 is 5.97 Å². The highest BCUT2D eigenvalue weighted by Crippen LogP contribution is 2.22. The number of nitrogens with zero attached hydrogens (tertiary/aromatic N) is 2. The molecule has 1 aromatic carbocycles. The van der Waals surface area contributed by atoms with Crippen LogP contribution in [0.5, 0.6) is 0 Å². The maximum atomic E-state index is 11.7. The number of aromatic amines is 1. The van der Waals surface area contributed by atoms with Crippen molar-refractivity contribution < 1.29 is 9.63 Å². The Morgan fingerprint density at radius 3 is 3.11 bits per heavy atom. The van der Waals surface area contributed by atoms with Gasteiger partial charge in [0, 0.05) is 25.5 Å². The molecule has 0 radical (unpaired) electrons. The van der Waals surface area contributed by atoms with Crippen molar-refractivity contribution in [2.45, 2.75) is 19.9 Å². The van der Waals surface area contributed by atoms with Crippen molar-refractivity contribution in [3.8, 4) is 0 Å². The van der Waals surface area contributed by atoms with E-state index in [2.05, 4.69) is 15.0 Å². The number of imidazole rings is 1. The summed E-state index contributed by atoms with van der Waals surface area (Å²) in [6.07, 6.45) is 0.567. The van der Waals surface area contributed by atoms with E-state index in [4.69, 9.17) is 0 Å². The molecule has 0 fully saturated rings. The number of H-pyrrole nitrogens is 1. The zero-order chi connectivity index (χ0) is 12.7. The van der Waals surface area contributed by atoms with Crippen LogP contribution in [0, 0.1) is 0 Å². The minimum atomic E-state index is -0.452. The number of aromatic nitrogens is 2. The fourth-order valence-corrected chi connectivity index (χ4v) is 2.23. The first-order valence-corrected chi connectivity index (χ1v) is 5.63. The van der Waals surface area contributed by atoms with Gasteiger partial charge in [-0.3, -0.25) is 4.57 Å².